The first-order chi connectivity index (χ1) is 16.8. The van der Waals surface area contributed by atoms with E-state index in [0.717, 1.165) is 5.01 Å². The van der Waals surface area contributed by atoms with E-state index >= 15 is 4.39 Å². The van der Waals surface area contributed by atoms with Crippen LogP contribution in [0.3, 0.4) is 0 Å². The Hall–Kier alpha value is -1.72. The van der Waals surface area contributed by atoms with Gasteiger partial charge >= 0.3 is 5.97 Å². The number of nitrogens with zero attached hydrogens (tertiary/aromatic N) is 1. The van der Waals surface area contributed by atoms with E-state index in [1.54, 1.807) is 40.7 Å². The fraction of sp³-hybridized carbons (Fsp3) is 0.731. The third kappa shape index (κ3) is 6.58. The van der Waals surface area contributed by atoms with Crippen LogP contribution in [0.15, 0.2) is 11.0 Å². The molecule has 0 aromatic carbocycles. The van der Waals surface area contributed by atoms with Gasteiger partial charge in [-0.2, -0.15) is 0 Å². The Morgan fingerprint density at radius 2 is 2.03 bits per heavy atom. The summed E-state index contributed by atoms with van der Waals surface area (Å²) in [5.74, 6) is -4.32. The zero-order valence-electron chi connectivity index (χ0n) is 21.8. The normalized spacial score (nSPS) is 36.8. The number of thiazole rings is 1. The van der Waals surface area contributed by atoms with Crippen LogP contribution in [0.1, 0.15) is 64.6 Å². The van der Waals surface area contributed by atoms with Crippen molar-refractivity contribution < 1.29 is 38.4 Å². The summed E-state index contributed by atoms with van der Waals surface area (Å²) in [6.45, 7) is 9.98. The van der Waals surface area contributed by atoms with Gasteiger partial charge in [0.2, 0.25) is 0 Å². The van der Waals surface area contributed by atoms with Crippen LogP contribution in [0.25, 0.3) is 6.08 Å². The van der Waals surface area contributed by atoms with Gasteiger partial charge in [0.25, 0.3) is 5.85 Å². The molecular weight excluding hydrogens is 489 g/mol. The molecule has 0 aliphatic carbocycles. The Morgan fingerprint density at radius 1 is 1.33 bits per heavy atom. The van der Waals surface area contributed by atoms with E-state index in [9.17, 15) is 19.8 Å². The third-order valence-corrected chi connectivity index (χ3v) is 8.06. The number of Topliss-reactive ketones (excluding diaryl/α,β-unsaturated/α-hetero) is 1. The number of aliphatic hydroxyl groups is 2. The monoisotopic (exact) mass is 527 g/mol. The number of epoxide rings is 1. The summed E-state index contributed by atoms with van der Waals surface area (Å²) in [5, 5.41) is 24.5. The van der Waals surface area contributed by atoms with Gasteiger partial charge in [0.15, 0.2) is 0 Å². The molecule has 0 saturated carbocycles. The molecule has 36 heavy (non-hydrogen) atoms. The zero-order chi connectivity index (χ0) is 26.8. The molecular formula is C26H38FNO7S. The van der Waals surface area contributed by atoms with Gasteiger partial charge in [-0.3, -0.25) is 9.59 Å². The van der Waals surface area contributed by atoms with Gasteiger partial charge in [-0.05, 0) is 31.9 Å². The predicted octanol–water partition coefficient (Wildman–Crippen LogP) is 3.62. The van der Waals surface area contributed by atoms with Crippen LogP contribution in [-0.2, 0) is 23.8 Å². The van der Waals surface area contributed by atoms with Crippen LogP contribution in [-0.4, -0.2) is 70.4 Å². The number of carbonyl (C=O) groups excluding carboxylic acids is 2. The predicted molar refractivity (Wildman–Crippen MR) is 133 cm³/mol. The summed E-state index contributed by atoms with van der Waals surface area (Å²) in [4.78, 5) is 30.6. The number of cyclic esters (lactones) is 1. The first-order valence-corrected chi connectivity index (χ1v) is 13.3. The number of carbonyl (C=O) groups is 2. The highest BCUT2D eigenvalue weighted by Gasteiger charge is 2.59. The fourth-order valence-corrected chi connectivity index (χ4v) is 5.14. The molecule has 1 aromatic heterocycles. The van der Waals surface area contributed by atoms with E-state index < -0.39 is 59.9 Å². The molecule has 3 rings (SSSR count). The molecule has 0 radical (unpaired) electrons. The van der Waals surface area contributed by atoms with Crippen LogP contribution in [0.2, 0.25) is 0 Å². The Balaban J connectivity index is 1.87. The molecule has 3 heterocycles. The quantitative estimate of drug-likeness (QED) is 0.452. The Kier molecular flexibility index (Phi) is 9.09. The van der Waals surface area contributed by atoms with Crippen LogP contribution in [0.5, 0.6) is 0 Å². The van der Waals surface area contributed by atoms with Crippen molar-refractivity contribution in [1.29, 1.82) is 0 Å². The number of aromatic nitrogens is 1. The van der Waals surface area contributed by atoms with Crippen molar-refractivity contribution in [3.05, 3.63) is 21.7 Å². The minimum atomic E-state index is -2.02. The minimum absolute atomic E-state index is 0.0379. The molecule has 2 aliphatic heterocycles. The maximum absolute atomic E-state index is 15.1. The number of ether oxygens (including phenoxy) is 3. The number of aliphatic hydroxyl groups excluding tert-OH is 2. The molecule has 0 spiro atoms. The second kappa shape index (κ2) is 11.3. The molecule has 0 amide bonds. The summed E-state index contributed by atoms with van der Waals surface area (Å²) < 4.78 is 31.7. The number of aryl methyl sites for hydroxylation is 1. The largest absolute Gasteiger partial charge is 0.458 e. The number of fused-ring (bicyclic) bond motifs is 1. The lowest BCUT2D eigenvalue weighted by atomic mass is 9.72. The van der Waals surface area contributed by atoms with E-state index in [2.05, 4.69) is 4.98 Å². The first-order valence-electron chi connectivity index (χ1n) is 12.4. The van der Waals surface area contributed by atoms with Crippen LogP contribution >= 0.6 is 11.3 Å². The molecule has 2 N–H and O–H groups in total. The fourth-order valence-electron chi connectivity index (χ4n) is 4.57. The molecule has 0 bridgehead atoms. The van der Waals surface area contributed by atoms with Gasteiger partial charge in [-0.15, -0.1) is 11.3 Å². The van der Waals surface area contributed by atoms with E-state index in [1.807, 2.05) is 12.3 Å². The summed E-state index contributed by atoms with van der Waals surface area (Å²) in [7, 11) is 0. The van der Waals surface area contributed by atoms with Gasteiger partial charge in [0.05, 0.1) is 41.4 Å². The van der Waals surface area contributed by atoms with Crippen LogP contribution in [0, 0.1) is 24.2 Å². The summed E-state index contributed by atoms with van der Waals surface area (Å²) in [5.41, 5.74) is 0.0562. The van der Waals surface area contributed by atoms with Gasteiger partial charge < -0.3 is 24.4 Å². The average molecular weight is 528 g/mol. The zero-order valence-corrected chi connectivity index (χ0v) is 22.6. The minimum Gasteiger partial charge on any atom is -0.458 e. The van der Waals surface area contributed by atoms with E-state index in [1.165, 1.54) is 11.3 Å². The van der Waals surface area contributed by atoms with Gasteiger partial charge in [-0.25, -0.2) is 9.37 Å². The molecule has 10 heteroatoms. The summed E-state index contributed by atoms with van der Waals surface area (Å²) >= 11 is 1.48. The Bertz CT molecular complexity index is 979. The second-order valence-corrected chi connectivity index (χ2v) is 11.7. The molecule has 0 unspecified atom stereocenters. The average Bonchev–Trinajstić information content (AvgIpc) is 3.24. The number of hydrogen-bond acceptors (Lipinski definition) is 9. The van der Waals surface area contributed by atoms with Crippen LogP contribution in [0.4, 0.5) is 4.39 Å². The molecule has 2 saturated heterocycles. The van der Waals surface area contributed by atoms with Gasteiger partial charge in [0, 0.05) is 23.6 Å². The number of ketones is 1. The topological polar surface area (TPSA) is 118 Å². The molecule has 7 atom stereocenters. The van der Waals surface area contributed by atoms with Crippen molar-refractivity contribution in [3.8, 4) is 0 Å². The van der Waals surface area contributed by atoms with Crippen molar-refractivity contribution in [1.82, 2.24) is 4.98 Å². The van der Waals surface area contributed by atoms with Crippen molar-refractivity contribution in [2.75, 3.05) is 13.2 Å². The number of alkyl halides is 1. The lowest BCUT2D eigenvalue weighted by Gasteiger charge is -2.35. The van der Waals surface area contributed by atoms with Crippen molar-refractivity contribution >= 4 is 29.2 Å². The summed E-state index contributed by atoms with van der Waals surface area (Å²) in [6.07, 6.45) is -2.28. The Morgan fingerprint density at radius 3 is 2.64 bits per heavy atom. The maximum Gasteiger partial charge on any atom is 0.309 e. The molecule has 2 aliphatic rings. The number of halogens is 1. The third-order valence-electron chi connectivity index (χ3n) is 7.26. The van der Waals surface area contributed by atoms with Crippen molar-refractivity contribution in [3.63, 3.8) is 0 Å². The van der Waals surface area contributed by atoms with E-state index in [0.29, 0.717) is 17.7 Å². The number of hydrogen-bond donors (Lipinski definition) is 2. The first kappa shape index (κ1) is 28.8. The standard InChI is InChI=1S/C26H38FNO7S/c1-7-18-23(31)15(3)11-33-13-26(27)21(35-26)9-19(14(2)8-17-12-36-16(4)28-17)34-22(30)10-20(29)25(5,6)24(18)32/h8,12,15,18-21,23,29,31H,7,9-11,13H2,1-6H3/t15-,18+,19-,20-,21-,23-,26+/m0/s1. The summed E-state index contributed by atoms with van der Waals surface area (Å²) in [6, 6.07) is 0. The van der Waals surface area contributed by atoms with Gasteiger partial charge in [-0.1, -0.05) is 27.7 Å². The highest BCUT2D eigenvalue weighted by atomic mass is 32.1. The number of rotatable bonds is 3. The van der Waals surface area contributed by atoms with E-state index in [-0.39, 0.29) is 25.4 Å². The lowest BCUT2D eigenvalue weighted by Crippen LogP contribution is -2.47. The molecule has 1 aromatic rings. The van der Waals surface area contributed by atoms with Crippen molar-refractivity contribution in [2.45, 2.75) is 91.1 Å². The second-order valence-electron chi connectivity index (χ2n) is 10.6. The lowest BCUT2D eigenvalue weighted by molar-refractivity contribution is -0.155. The highest BCUT2D eigenvalue weighted by molar-refractivity contribution is 7.09. The smallest absolute Gasteiger partial charge is 0.309 e. The van der Waals surface area contributed by atoms with Gasteiger partial charge in [0.1, 0.15) is 24.6 Å². The number of esters is 1. The van der Waals surface area contributed by atoms with E-state index in [4.69, 9.17) is 14.2 Å². The molecule has 8 nitrogen and oxygen atoms in total. The molecule has 202 valence electrons. The van der Waals surface area contributed by atoms with Crippen molar-refractivity contribution in [2.24, 2.45) is 17.3 Å². The molecule has 2 fully saturated rings. The Labute approximate surface area is 215 Å². The highest BCUT2D eigenvalue weighted by Crippen LogP contribution is 2.43. The SMILES string of the molecule is CC[C@H]1C(=O)C(C)(C)[C@@H](O)CC(=O)O[C@H](C(C)=Cc2csc(C)n2)C[C@@H]2O[C@]2(F)COC[C@H](C)[C@@H]1O. The maximum atomic E-state index is 15.1. The van der Waals surface area contributed by atoms with Crippen LogP contribution < -0.4 is 0 Å².